The SMILES string of the molecule is CCC(C(=O)OCCO)c1ccc(O)c(C(C)(C)C)c1. The van der Waals surface area contributed by atoms with Gasteiger partial charge in [-0.25, -0.2) is 0 Å². The first-order valence-corrected chi connectivity index (χ1v) is 6.92. The average Bonchev–Trinajstić information content (AvgIpc) is 2.37. The molecule has 0 aliphatic carbocycles. The number of phenols is 1. The Kier molecular flexibility index (Phi) is 5.57. The van der Waals surface area contributed by atoms with Crippen LogP contribution in [0.15, 0.2) is 18.2 Å². The maximum absolute atomic E-state index is 12.0. The lowest BCUT2D eigenvalue weighted by Crippen LogP contribution is -2.18. The first kappa shape index (κ1) is 16.5. The predicted octanol–water partition coefficient (Wildman–Crippen LogP) is 2.72. The molecule has 0 bridgehead atoms. The van der Waals surface area contributed by atoms with E-state index in [1.165, 1.54) is 0 Å². The zero-order chi connectivity index (χ0) is 15.3. The van der Waals surface area contributed by atoms with Gasteiger partial charge >= 0.3 is 5.97 Å². The van der Waals surface area contributed by atoms with E-state index in [1.807, 2.05) is 33.8 Å². The summed E-state index contributed by atoms with van der Waals surface area (Å²) < 4.78 is 5.00. The molecule has 0 spiro atoms. The van der Waals surface area contributed by atoms with Gasteiger partial charge in [-0.05, 0) is 29.0 Å². The molecule has 4 heteroatoms. The summed E-state index contributed by atoms with van der Waals surface area (Å²) in [6.45, 7) is 7.78. The van der Waals surface area contributed by atoms with Crippen LogP contribution in [-0.2, 0) is 14.9 Å². The number of carbonyl (C=O) groups excluding carboxylic acids is 1. The van der Waals surface area contributed by atoms with E-state index < -0.39 is 0 Å². The van der Waals surface area contributed by atoms with E-state index >= 15 is 0 Å². The highest BCUT2D eigenvalue weighted by molar-refractivity contribution is 5.78. The quantitative estimate of drug-likeness (QED) is 0.814. The molecular weight excluding hydrogens is 256 g/mol. The minimum atomic E-state index is -0.372. The third-order valence-corrected chi connectivity index (χ3v) is 3.26. The molecule has 2 N–H and O–H groups in total. The van der Waals surface area contributed by atoms with Crippen molar-refractivity contribution in [1.29, 1.82) is 0 Å². The van der Waals surface area contributed by atoms with Crippen molar-refractivity contribution in [3.63, 3.8) is 0 Å². The lowest BCUT2D eigenvalue weighted by Gasteiger charge is -2.23. The highest BCUT2D eigenvalue weighted by Crippen LogP contribution is 2.34. The molecule has 112 valence electrons. The number of benzene rings is 1. The number of hydrogen-bond donors (Lipinski definition) is 2. The van der Waals surface area contributed by atoms with Gasteiger partial charge in [0.2, 0.25) is 0 Å². The minimum absolute atomic E-state index is 0.0134. The number of rotatable bonds is 5. The monoisotopic (exact) mass is 280 g/mol. The molecule has 0 aliphatic rings. The highest BCUT2D eigenvalue weighted by Gasteiger charge is 2.24. The average molecular weight is 280 g/mol. The normalized spacial score (nSPS) is 13.1. The van der Waals surface area contributed by atoms with Gasteiger partial charge in [-0.3, -0.25) is 4.79 Å². The van der Waals surface area contributed by atoms with Crippen LogP contribution in [0.3, 0.4) is 0 Å². The lowest BCUT2D eigenvalue weighted by atomic mass is 9.83. The number of aliphatic hydroxyl groups is 1. The van der Waals surface area contributed by atoms with Gasteiger partial charge in [0.1, 0.15) is 12.4 Å². The van der Waals surface area contributed by atoms with Crippen LogP contribution in [-0.4, -0.2) is 29.4 Å². The first-order chi connectivity index (χ1) is 9.31. The number of ether oxygens (including phenoxy) is 1. The van der Waals surface area contributed by atoms with Crippen molar-refractivity contribution in [2.24, 2.45) is 0 Å². The van der Waals surface area contributed by atoms with Crippen LogP contribution in [0.2, 0.25) is 0 Å². The summed E-state index contributed by atoms with van der Waals surface area (Å²) in [6, 6.07) is 5.24. The van der Waals surface area contributed by atoms with Crippen LogP contribution in [0, 0.1) is 0 Å². The second-order valence-corrected chi connectivity index (χ2v) is 5.88. The van der Waals surface area contributed by atoms with Crippen molar-refractivity contribution >= 4 is 5.97 Å². The summed E-state index contributed by atoms with van der Waals surface area (Å²) in [7, 11) is 0. The molecule has 1 atom stereocenters. The molecule has 1 rings (SSSR count). The van der Waals surface area contributed by atoms with Crippen molar-refractivity contribution in [1.82, 2.24) is 0 Å². The van der Waals surface area contributed by atoms with Gasteiger partial charge < -0.3 is 14.9 Å². The van der Waals surface area contributed by atoms with Crippen LogP contribution < -0.4 is 0 Å². The Morgan fingerprint density at radius 2 is 2.00 bits per heavy atom. The van der Waals surface area contributed by atoms with E-state index in [0.29, 0.717) is 6.42 Å². The fourth-order valence-electron chi connectivity index (χ4n) is 2.16. The van der Waals surface area contributed by atoms with Crippen molar-refractivity contribution in [2.45, 2.75) is 45.4 Å². The summed E-state index contributed by atoms with van der Waals surface area (Å²) in [5, 5.41) is 18.7. The summed E-state index contributed by atoms with van der Waals surface area (Å²) >= 11 is 0. The van der Waals surface area contributed by atoms with Crippen molar-refractivity contribution < 1.29 is 19.7 Å². The molecule has 0 saturated carbocycles. The zero-order valence-electron chi connectivity index (χ0n) is 12.6. The molecular formula is C16H24O4. The van der Waals surface area contributed by atoms with Gasteiger partial charge in [0, 0.05) is 0 Å². The van der Waals surface area contributed by atoms with E-state index in [-0.39, 0.29) is 36.3 Å². The van der Waals surface area contributed by atoms with E-state index in [0.717, 1.165) is 11.1 Å². The Morgan fingerprint density at radius 3 is 2.50 bits per heavy atom. The molecule has 0 aromatic heterocycles. The largest absolute Gasteiger partial charge is 0.508 e. The molecule has 0 amide bonds. The molecule has 1 aromatic carbocycles. The van der Waals surface area contributed by atoms with Gasteiger partial charge in [-0.15, -0.1) is 0 Å². The van der Waals surface area contributed by atoms with E-state index in [9.17, 15) is 9.90 Å². The fraction of sp³-hybridized carbons (Fsp3) is 0.562. The van der Waals surface area contributed by atoms with Crippen LogP contribution in [0.5, 0.6) is 5.75 Å². The van der Waals surface area contributed by atoms with Crippen LogP contribution >= 0.6 is 0 Å². The zero-order valence-corrected chi connectivity index (χ0v) is 12.6. The maximum Gasteiger partial charge on any atom is 0.313 e. The summed E-state index contributed by atoms with van der Waals surface area (Å²) in [4.78, 5) is 12.0. The second kappa shape index (κ2) is 6.75. The number of carbonyl (C=O) groups is 1. The number of esters is 1. The van der Waals surface area contributed by atoms with Gasteiger partial charge in [-0.2, -0.15) is 0 Å². The van der Waals surface area contributed by atoms with Gasteiger partial charge in [0.05, 0.1) is 12.5 Å². The van der Waals surface area contributed by atoms with E-state index in [1.54, 1.807) is 12.1 Å². The standard InChI is InChI=1S/C16H24O4/c1-5-12(15(19)20-9-8-17)11-6-7-14(18)13(10-11)16(2,3)4/h6-7,10,12,17-18H,5,8-9H2,1-4H3. The molecule has 0 saturated heterocycles. The molecule has 4 nitrogen and oxygen atoms in total. The van der Waals surface area contributed by atoms with Crippen molar-refractivity contribution in [3.8, 4) is 5.75 Å². The number of aromatic hydroxyl groups is 1. The topological polar surface area (TPSA) is 66.8 Å². The van der Waals surface area contributed by atoms with Crippen LogP contribution in [0.4, 0.5) is 0 Å². The Bertz CT molecular complexity index is 460. The Hall–Kier alpha value is -1.55. The summed E-state index contributed by atoms with van der Waals surface area (Å²) in [5.74, 6) is -0.477. The van der Waals surface area contributed by atoms with Gasteiger partial charge in [-0.1, -0.05) is 39.8 Å². The third kappa shape index (κ3) is 3.97. The maximum atomic E-state index is 12.0. The third-order valence-electron chi connectivity index (χ3n) is 3.26. The first-order valence-electron chi connectivity index (χ1n) is 6.92. The lowest BCUT2D eigenvalue weighted by molar-refractivity contribution is -0.146. The van der Waals surface area contributed by atoms with Crippen LogP contribution in [0.1, 0.15) is 51.2 Å². The Labute approximate surface area is 120 Å². The number of aliphatic hydroxyl groups excluding tert-OH is 1. The molecule has 0 radical (unpaired) electrons. The van der Waals surface area contributed by atoms with Crippen molar-refractivity contribution in [2.75, 3.05) is 13.2 Å². The number of hydrogen-bond acceptors (Lipinski definition) is 4. The predicted molar refractivity (Wildman–Crippen MR) is 77.9 cm³/mol. The highest BCUT2D eigenvalue weighted by atomic mass is 16.5. The molecule has 1 aromatic rings. The fourth-order valence-corrected chi connectivity index (χ4v) is 2.16. The second-order valence-electron chi connectivity index (χ2n) is 5.88. The summed E-state index contributed by atoms with van der Waals surface area (Å²) in [6.07, 6.45) is 0.610. The van der Waals surface area contributed by atoms with E-state index in [4.69, 9.17) is 9.84 Å². The molecule has 1 unspecified atom stereocenters. The molecule has 0 fully saturated rings. The smallest absolute Gasteiger partial charge is 0.313 e. The minimum Gasteiger partial charge on any atom is -0.508 e. The molecule has 0 heterocycles. The van der Waals surface area contributed by atoms with Gasteiger partial charge in [0.25, 0.3) is 0 Å². The Balaban J connectivity index is 3.08. The Morgan fingerprint density at radius 1 is 1.35 bits per heavy atom. The molecule has 0 aliphatic heterocycles. The summed E-state index contributed by atoms with van der Waals surface area (Å²) in [5.41, 5.74) is 1.44. The van der Waals surface area contributed by atoms with Crippen LogP contribution in [0.25, 0.3) is 0 Å². The van der Waals surface area contributed by atoms with E-state index in [2.05, 4.69) is 0 Å². The number of phenolic OH excluding ortho intramolecular Hbond substituents is 1. The van der Waals surface area contributed by atoms with Crippen molar-refractivity contribution in [3.05, 3.63) is 29.3 Å². The molecule has 20 heavy (non-hydrogen) atoms. The van der Waals surface area contributed by atoms with Gasteiger partial charge in [0.15, 0.2) is 0 Å².